The first-order valence-electron chi connectivity index (χ1n) is 4.47. The number of imidazole rings is 1. The number of nitrogens with two attached hydrogens (primary N) is 1. The van der Waals surface area contributed by atoms with Crippen LogP contribution in [0.1, 0.15) is 16.2 Å². The van der Waals surface area contributed by atoms with Crippen LogP contribution in [0.2, 0.25) is 0 Å². The van der Waals surface area contributed by atoms with Gasteiger partial charge >= 0.3 is 5.97 Å². The Kier molecular flexibility index (Phi) is 2.07. The summed E-state index contributed by atoms with van der Waals surface area (Å²) in [5.41, 5.74) is 7.42. The van der Waals surface area contributed by atoms with Crippen molar-refractivity contribution in [3.05, 3.63) is 29.6 Å². The molecule has 5 nitrogen and oxygen atoms in total. The Morgan fingerprint density at radius 2 is 2.27 bits per heavy atom. The second-order valence-corrected chi connectivity index (χ2v) is 3.18. The fourth-order valence-electron chi connectivity index (χ4n) is 1.57. The highest BCUT2D eigenvalue weighted by Gasteiger charge is 2.17. The maximum Gasteiger partial charge on any atom is 0.357 e. The third-order valence-electron chi connectivity index (χ3n) is 2.23. The van der Waals surface area contributed by atoms with Gasteiger partial charge in [-0.2, -0.15) is 0 Å². The van der Waals surface area contributed by atoms with Crippen LogP contribution < -0.4 is 5.73 Å². The number of aryl methyl sites for hydroxylation is 1. The molecule has 0 bridgehead atoms. The molecule has 2 N–H and O–H groups in total. The molecule has 0 amide bonds. The van der Waals surface area contributed by atoms with Gasteiger partial charge in [-0.15, -0.1) is 0 Å². The molecule has 0 atom stereocenters. The number of esters is 1. The number of pyridine rings is 1. The molecule has 15 heavy (non-hydrogen) atoms. The number of hydrogen-bond donors (Lipinski definition) is 1. The van der Waals surface area contributed by atoms with E-state index in [-0.39, 0.29) is 0 Å². The summed E-state index contributed by atoms with van der Waals surface area (Å²) in [5.74, 6) is 0.0337. The molecule has 0 radical (unpaired) electrons. The van der Waals surface area contributed by atoms with E-state index in [9.17, 15) is 4.79 Å². The number of nitrogens with zero attached hydrogens (tertiary/aromatic N) is 2. The van der Waals surface area contributed by atoms with Gasteiger partial charge in [-0.1, -0.05) is 6.07 Å². The minimum absolute atomic E-state index is 0.380. The topological polar surface area (TPSA) is 69.6 Å². The molecule has 2 aromatic rings. The van der Waals surface area contributed by atoms with Gasteiger partial charge in [-0.05, 0) is 19.1 Å². The van der Waals surface area contributed by atoms with Crippen molar-refractivity contribution >= 4 is 17.4 Å². The number of aromatic nitrogens is 2. The summed E-state index contributed by atoms with van der Waals surface area (Å²) in [6, 6.07) is 5.29. The van der Waals surface area contributed by atoms with Gasteiger partial charge in [0.05, 0.1) is 12.8 Å². The van der Waals surface area contributed by atoms with Crippen LogP contribution >= 0.6 is 0 Å². The van der Waals surface area contributed by atoms with Gasteiger partial charge in [-0.3, -0.25) is 4.40 Å². The molecule has 0 aliphatic carbocycles. The van der Waals surface area contributed by atoms with Crippen molar-refractivity contribution in [3.63, 3.8) is 0 Å². The van der Waals surface area contributed by atoms with Crippen molar-refractivity contribution in [2.75, 3.05) is 12.8 Å². The second kappa shape index (κ2) is 3.27. The first-order valence-corrected chi connectivity index (χ1v) is 4.47. The summed E-state index contributed by atoms with van der Waals surface area (Å²) in [6.45, 7) is 1.75. The molecule has 78 valence electrons. The fourth-order valence-corrected chi connectivity index (χ4v) is 1.57. The fraction of sp³-hybridized carbons (Fsp3) is 0.200. The van der Waals surface area contributed by atoms with Crippen molar-refractivity contribution in [1.82, 2.24) is 9.38 Å². The molecule has 2 aromatic heterocycles. The number of methoxy groups -OCH3 is 1. The molecule has 0 fully saturated rings. The van der Waals surface area contributed by atoms with Gasteiger partial charge in [0.2, 0.25) is 0 Å². The summed E-state index contributed by atoms with van der Waals surface area (Å²) in [5, 5.41) is 0. The van der Waals surface area contributed by atoms with Crippen LogP contribution in [0.3, 0.4) is 0 Å². The number of rotatable bonds is 1. The highest BCUT2D eigenvalue weighted by Crippen LogP contribution is 2.16. The largest absolute Gasteiger partial charge is 0.464 e. The number of carbonyl (C=O) groups is 1. The molecule has 0 aliphatic rings. The van der Waals surface area contributed by atoms with Crippen molar-refractivity contribution in [2.45, 2.75) is 6.92 Å². The molecule has 2 rings (SSSR count). The third-order valence-corrected chi connectivity index (χ3v) is 2.23. The minimum Gasteiger partial charge on any atom is -0.464 e. The maximum absolute atomic E-state index is 11.5. The number of ether oxygens (including phenoxy) is 1. The Bertz CT molecular complexity index is 531. The lowest BCUT2D eigenvalue weighted by molar-refractivity contribution is 0.0592. The van der Waals surface area contributed by atoms with E-state index in [0.717, 1.165) is 0 Å². The molecule has 5 heteroatoms. The van der Waals surface area contributed by atoms with E-state index in [1.807, 2.05) is 0 Å². The van der Waals surface area contributed by atoms with Crippen molar-refractivity contribution in [2.24, 2.45) is 0 Å². The van der Waals surface area contributed by atoms with Crippen molar-refractivity contribution in [3.8, 4) is 0 Å². The van der Waals surface area contributed by atoms with Crippen LogP contribution in [0.5, 0.6) is 0 Å². The van der Waals surface area contributed by atoms with E-state index in [0.29, 0.717) is 22.9 Å². The van der Waals surface area contributed by atoms with E-state index in [2.05, 4.69) is 9.72 Å². The number of hydrogen-bond acceptors (Lipinski definition) is 4. The van der Waals surface area contributed by atoms with E-state index >= 15 is 0 Å². The maximum atomic E-state index is 11.5. The molecular weight excluding hydrogens is 194 g/mol. The van der Waals surface area contributed by atoms with Gasteiger partial charge in [0.25, 0.3) is 0 Å². The standard InChI is InChI=1S/C10H11N3O2/c1-6-9(10(14)15-2)13-7(11)4-3-5-8(13)12-6/h3-5H,11H2,1-2H3. The Morgan fingerprint density at radius 3 is 2.93 bits per heavy atom. The summed E-state index contributed by atoms with van der Waals surface area (Å²) < 4.78 is 6.27. The van der Waals surface area contributed by atoms with Crippen LogP contribution in [0.25, 0.3) is 5.65 Å². The zero-order valence-corrected chi connectivity index (χ0v) is 8.52. The van der Waals surface area contributed by atoms with E-state index in [4.69, 9.17) is 5.73 Å². The highest BCUT2D eigenvalue weighted by molar-refractivity contribution is 5.90. The monoisotopic (exact) mass is 205 g/mol. The summed E-state index contributed by atoms with van der Waals surface area (Å²) >= 11 is 0. The summed E-state index contributed by atoms with van der Waals surface area (Å²) in [7, 11) is 1.33. The Balaban J connectivity index is 2.82. The summed E-state index contributed by atoms with van der Waals surface area (Å²) in [6.07, 6.45) is 0. The highest BCUT2D eigenvalue weighted by atomic mass is 16.5. The predicted molar refractivity (Wildman–Crippen MR) is 55.7 cm³/mol. The van der Waals surface area contributed by atoms with Gasteiger partial charge in [0, 0.05) is 0 Å². The van der Waals surface area contributed by atoms with Crippen molar-refractivity contribution in [1.29, 1.82) is 0 Å². The Hall–Kier alpha value is -2.04. The lowest BCUT2D eigenvalue weighted by Crippen LogP contribution is -2.09. The smallest absolute Gasteiger partial charge is 0.357 e. The normalized spacial score (nSPS) is 10.5. The van der Waals surface area contributed by atoms with Gasteiger partial charge in [-0.25, -0.2) is 9.78 Å². The van der Waals surface area contributed by atoms with Crippen molar-refractivity contribution < 1.29 is 9.53 Å². The average Bonchev–Trinajstić information content (AvgIpc) is 2.55. The van der Waals surface area contributed by atoms with Crippen LogP contribution in [-0.2, 0) is 4.74 Å². The minimum atomic E-state index is -0.433. The second-order valence-electron chi connectivity index (χ2n) is 3.18. The van der Waals surface area contributed by atoms with Gasteiger partial charge < -0.3 is 10.5 Å². The average molecular weight is 205 g/mol. The molecule has 0 saturated heterocycles. The molecular formula is C10H11N3O2. The van der Waals surface area contributed by atoms with E-state index in [1.165, 1.54) is 7.11 Å². The SMILES string of the molecule is COC(=O)c1c(C)nc2cccc(N)n12. The molecule has 2 heterocycles. The zero-order chi connectivity index (χ0) is 11.0. The van der Waals surface area contributed by atoms with Crippen LogP contribution in [-0.4, -0.2) is 22.5 Å². The van der Waals surface area contributed by atoms with Crippen LogP contribution in [0.4, 0.5) is 5.82 Å². The molecule has 0 saturated carbocycles. The number of nitrogen functional groups attached to an aromatic ring is 1. The van der Waals surface area contributed by atoms with E-state index < -0.39 is 5.97 Å². The lowest BCUT2D eigenvalue weighted by atomic mass is 10.3. The molecule has 0 spiro atoms. The summed E-state index contributed by atoms with van der Waals surface area (Å²) in [4.78, 5) is 15.7. The molecule has 0 aromatic carbocycles. The third kappa shape index (κ3) is 1.32. The Morgan fingerprint density at radius 1 is 1.53 bits per heavy atom. The first kappa shape index (κ1) is 9.51. The number of fused-ring (bicyclic) bond motifs is 1. The predicted octanol–water partition coefficient (Wildman–Crippen LogP) is 1.01. The molecule has 0 unspecified atom stereocenters. The Labute approximate surface area is 86.5 Å². The zero-order valence-electron chi connectivity index (χ0n) is 8.52. The number of carbonyl (C=O) groups excluding carboxylic acids is 1. The molecule has 0 aliphatic heterocycles. The number of anilines is 1. The first-order chi connectivity index (χ1) is 7.15. The van der Waals surface area contributed by atoms with Gasteiger partial charge in [0.1, 0.15) is 11.5 Å². The quantitative estimate of drug-likeness (QED) is 0.705. The van der Waals surface area contributed by atoms with E-state index in [1.54, 1.807) is 29.5 Å². The van der Waals surface area contributed by atoms with Crippen LogP contribution in [0, 0.1) is 6.92 Å². The van der Waals surface area contributed by atoms with Gasteiger partial charge in [0.15, 0.2) is 5.69 Å². The van der Waals surface area contributed by atoms with Crippen LogP contribution in [0.15, 0.2) is 18.2 Å². The lowest BCUT2D eigenvalue weighted by Gasteiger charge is -2.03.